The fraction of sp³-hybridized carbons (Fsp3) is 0.958. The molecular formula is C24H49NO. The first-order chi connectivity index (χ1) is 12.6. The maximum Gasteiger partial charge on any atom is 0.220 e. The standard InChI is InChI=1S/C24H49NO/c1-5-6-7-8-9-10-11-12-13-14-15-16-17-18-19-23(4)20-24(26)25-21-22(2)3/h22-23H,5-21H2,1-4H3,(H,25,26). The van der Waals surface area contributed by atoms with Crippen LogP contribution >= 0.6 is 0 Å². The molecule has 0 fully saturated rings. The lowest BCUT2D eigenvalue weighted by Gasteiger charge is -2.12. The van der Waals surface area contributed by atoms with Crippen LogP contribution in [0.4, 0.5) is 0 Å². The van der Waals surface area contributed by atoms with Gasteiger partial charge in [-0.1, -0.05) is 124 Å². The molecule has 0 aromatic carbocycles. The zero-order valence-electron chi connectivity index (χ0n) is 18.6. The Labute approximate surface area is 165 Å². The van der Waals surface area contributed by atoms with Crippen molar-refractivity contribution in [3.63, 3.8) is 0 Å². The molecular weight excluding hydrogens is 318 g/mol. The average molecular weight is 368 g/mol. The van der Waals surface area contributed by atoms with Crippen LogP contribution in [0.3, 0.4) is 0 Å². The van der Waals surface area contributed by atoms with Crippen molar-refractivity contribution in [1.29, 1.82) is 0 Å². The summed E-state index contributed by atoms with van der Waals surface area (Å²) in [6, 6.07) is 0. The van der Waals surface area contributed by atoms with Gasteiger partial charge < -0.3 is 5.32 Å². The van der Waals surface area contributed by atoms with Crippen LogP contribution in [0.1, 0.15) is 130 Å². The number of hydrogen-bond donors (Lipinski definition) is 1. The largest absolute Gasteiger partial charge is 0.356 e. The van der Waals surface area contributed by atoms with Crippen LogP contribution in [0.25, 0.3) is 0 Å². The molecule has 0 aliphatic carbocycles. The molecule has 0 rings (SSSR count). The second-order valence-electron chi connectivity index (χ2n) is 8.89. The normalized spacial score (nSPS) is 12.5. The van der Waals surface area contributed by atoms with Crippen LogP contribution in [0.5, 0.6) is 0 Å². The summed E-state index contributed by atoms with van der Waals surface area (Å²) in [5.74, 6) is 1.30. The lowest BCUT2D eigenvalue weighted by atomic mass is 9.98. The molecule has 26 heavy (non-hydrogen) atoms. The van der Waals surface area contributed by atoms with Crippen molar-refractivity contribution < 1.29 is 4.79 Å². The first kappa shape index (κ1) is 25.5. The van der Waals surface area contributed by atoms with Crippen molar-refractivity contribution in [2.75, 3.05) is 6.54 Å². The predicted molar refractivity (Wildman–Crippen MR) is 117 cm³/mol. The van der Waals surface area contributed by atoms with Crippen molar-refractivity contribution in [2.45, 2.75) is 130 Å². The Morgan fingerprint density at radius 2 is 1.12 bits per heavy atom. The highest BCUT2D eigenvalue weighted by molar-refractivity contribution is 5.76. The van der Waals surface area contributed by atoms with Crippen LogP contribution in [0.2, 0.25) is 0 Å². The molecule has 0 saturated heterocycles. The highest BCUT2D eigenvalue weighted by atomic mass is 16.1. The van der Waals surface area contributed by atoms with E-state index in [1.807, 2.05) is 0 Å². The molecule has 0 saturated carbocycles. The van der Waals surface area contributed by atoms with Gasteiger partial charge in [0.05, 0.1) is 0 Å². The van der Waals surface area contributed by atoms with E-state index in [-0.39, 0.29) is 5.91 Å². The molecule has 2 heteroatoms. The van der Waals surface area contributed by atoms with E-state index in [1.54, 1.807) is 0 Å². The Bertz CT molecular complexity index is 301. The summed E-state index contributed by atoms with van der Waals surface area (Å²) in [5.41, 5.74) is 0. The Hall–Kier alpha value is -0.530. The van der Waals surface area contributed by atoms with Gasteiger partial charge in [0, 0.05) is 13.0 Å². The maximum absolute atomic E-state index is 11.8. The number of amides is 1. The van der Waals surface area contributed by atoms with Gasteiger partial charge >= 0.3 is 0 Å². The molecule has 1 N–H and O–H groups in total. The first-order valence-corrected chi connectivity index (χ1v) is 11.8. The molecule has 156 valence electrons. The molecule has 0 heterocycles. The minimum absolute atomic E-state index is 0.233. The minimum Gasteiger partial charge on any atom is -0.356 e. The van der Waals surface area contributed by atoms with E-state index in [1.165, 1.54) is 96.3 Å². The van der Waals surface area contributed by atoms with Gasteiger partial charge in [0.2, 0.25) is 5.91 Å². The fourth-order valence-corrected chi connectivity index (χ4v) is 3.50. The number of nitrogens with one attached hydrogen (secondary N) is 1. The quantitative estimate of drug-likeness (QED) is 0.233. The van der Waals surface area contributed by atoms with Gasteiger partial charge in [-0.25, -0.2) is 0 Å². The summed E-state index contributed by atoms with van der Waals surface area (Å²) < 4.78 is 0. The minimum atomic E-state index is 0.233. The topological polar surface area (TPSA) is 29.1 Å². The highest BCUT2D eigenvalue weighted by Gasteiger charge is 2.09. The SMILES string of the molecule is CCCCCCCCCCCCCCCCC(C)CC(=O)NCC(C)C. The lowest BCUT2D eigenvalue weighted by molar-refractivity contribution is -0.122. The zero-order chi connectivity index (χ0) is 19.5. The zero-order valence-corrected chi connectivity index (χ0v) is 18.6. The molecule has 1 atom stereocenters. The number of hydrogen-bond acceptors (Lipinski definition) is 1. The predicted octanol–water partition coefficient (Wildman–Crippen LogP) is 7.66. The first-order valence-electron chi connectivity index (χ1n) is 11.8. The average Bonchev–Trinajstić information content (AvgIpc) is 2.60. The number of carbonyl (C=O) groups excluding carboxylic acids is 1. The lowest BCUT2D eigenvalue weighted by Crippen LogP contribution is -2.28. The molecule has 1 amide bonds. The van der Waals surface area contributed by atoms with Crippen LogP contribution in [0, 0.1) is 11.8 Å². The molecule has 0 aliphatic rings. The summed E-state index contributed by atoms with van der Waals surface area (Å²) in [7, 11) is 0. The summed E-state index contributed by atoms with van der Waals surface area (Å²) in [5, 5.41) is 3.03. The smallest absolute Gasteiger partial charge is 0.220 e. The number of rotatable bonds is 19. The molecule has 0 aromatic rings. The third kappa shape index (κ3) is 19.8. The molecule has 0 bridgehead atoms. The van der Waals surface area contributed by atoms with Crippen LogP contribution < -0.4 is 5.32 Å². The van der Waals surface area contributed by atoms with E-state index in [2.05, 4.69) is 33.0 Å². The molecule has 0 radical (unpaired) electrons. The van der Waals surface area contributed by atoms with Gasteiger partial charge in [-0.3, -0.25) is 4.79 Å². The van der Waals surface area contributed by atoms with E-state index in [4.69, 9.17) is 0 Å². The number of unbranched alkanes of at least 4 members (excludes halogenated alkanes) is 13. The summed E-state index contributed by atoms with van der Waals surface area (Å²) in [6.45, 7) is 9.59. The van der Waals surface area contributed by atoms with Crippen LogP contribution in [0.15, 0.2) is 0 Å². The van der Waals surface area contributed by atoms with Crippen molar-refractivity contribution in [2.24, 2.45) is 11.8 Å². The van der Waals surface area contributed by atoms with Crippen molar-refractivity contribution in [3.8, 4) is 0 Å². The molecule has 1 unspecified atom stereocenters. The van der Waals surface area contributed by atoms with Gasteiger partial charge in [0.15, 0.2) is 0 Å². The Morgan fingerprint density at radius 3 is 1.54 bits per heavy atom. The Balaban J connectivity index is 3.24. The van der Waals surface area contributed by atoms with E-state index in [0.717, 1.165) is 6.54 Å². The monoisotopic (exact) mass is 367 g/mol. The van der Waals surface area contributed by atoms with Crippen LogP contribution in [-0.4, -0.2) is 12.5 Å². The van der Waals surface area contributed by atoms with E-state index in [0.29, 0.717) is 18.3 Å². The summed E-state index contributed by atoms with van der Waals surface area (Å²) in [4.78, 5) is 11.8. The van der Waals surface area contributed by atoms with Gasteiger partial charge in [0.25, 0.3) is 0 Å². The van der Waals surface area contributed by atoms with Crippen molar-refractivity contribution >= 4 is 5.91 Å². The van der Waals surface area contributed by atoms with Gasteiger partial charge in [-0.2, -0.15) is 0 Å². The molecule has 0 aliphatic heterocycles. The van der Waals surface area contributed by atoms with E-state index >= 15 is 0 Å². The summed E-state index contributed by atoms with van der Waals surface area (Å²) >= 11 is 0. The Kier molecular flexibility index (Phi) is 18.8. The molecule has 2 nitrogen and oxygen atoms in total. The molecule has 0 aromatic heterocycles. The molecule has 0 spiro atoms. The second kappa shape index (κ2) is 19.2. The van der Waals surface area contributed by atoms with Gasteiger partial charge in [-0.05, 0) is 11.8 Å². The second-order valence-corrected chi connectivity index (χ2v) is 8.89. The van der Waals surface area contributed by atoms with Gasteiger partial charge in [0.1, 0.15) is 0 Å². The van der Waals surface area contributed by atoms with E-state index in [9.17, 15) is 4.79 Å². The van der Waals surface area contributed by atoms with Crippen molar-refractivity contribution in [1.82, 2.24) is 5.32 Å². The maximum atomic E-state index is 11.8. The third-order valence-electron chi connectivity index (χ3n) is 5.29. The fourth-order valence-electron chi connectivity index (χ4n) is 3.50. The van der Waals surface area contributed by atoms with Gasteiger partial charge in [-0.15, -0.1) is 0 Å². The van der Waals surface area contributed by atoms with Crippen LogP contribution in [-0.2, 0) is 4.79 Å². The summed E-state index contributed by atoms with van der Waals surface area (Å²) in [6.07, 6.45) is 21.6. The van der Waals surface area contributed by atoms with Crippen molar-refractivity contribution in [3.05, 3.63) is 0 Å². The van der Waals surface area contributed by atoms with E-state index < -0.39 is 0 Å². The Morgan fingerprint density at radius 1 is 0.692 bits per heavy atom. The number of carbonyl (C=O) groups is 1. The highest BCUT2D eigenvalue weighted by Crippen LogP contribution is 2.16. The third-order valence-corrected chi connectivity index (χ3v) is 5.29.